The lowest BCUT2D eigenvalue weighted by molar-refractivity contribution is 0.0343. The van der Waals surface area contributed by atoms with Crippen molar-refractivity contribution in [2.45, 2.75) is 33.4 Å². The summed E-state index contributed by atoms with van der Waals surface area (Å²) in [6.07, 6.45) is 0. The van der Waals surface area contributed by atoms with E-state index in [0.29, 0.717) is 6.04 Å². The van der Waals surface area contributed by atoms with E-state index in [-0.39, 0.29) is 0 Å². The van der Waals surface area contributed by atoms with E-state index in [1.807, 2.05) is 13.8 Å². The van der Waals surface area contributed by atoms with Crippen molar-refractivity contribution in [1.82, 2.24) is 20.4 Å². The highest BCUT2D eigenvalue weighted by Crippen LogP contribution is 2.06. The van der Waals surface area contributed by atoms with Gasteiger partial charge in [0.1, 0.15) is 0 Å². The molecule has 0 spiro atoms. The number of aryl methyl sites for hydroxylation is 2. The lowest BCUT2D eigenvalue weighted by Gasteiger charge is -2.29. The second-order valence-corrected chi connectivity index (χ2v) is 5.29. The Morgan fingerprint density at radius 3 is 2.79 bits per heavy atom. The Morgan fingerprint density at radius 2 is 2.05 bits per heavy atom. The van der Waals surface area contributed by atoms with Crippen LogP contribution in [-0.2, 0) is 11.3 Å². The summed E-state index contributed by atoms with van der Waals surface area (Å²) < 4.78 is 5.36. The van der Waals surface area contributed by atoms with Crippen molar-refractivity contribution < 1.29 is 4.74 Å². The topological polar surface area (TPSA) is 50.3 Å². The fourth-order valence-electron chi connectivity index (χ4n) is 2.30. The predicted molar refractivity (Wildman–Crippen MR) is 75.1 cm³/mol. The first-order valence-corrected chi connectivity index (χ1v) is 6.98. The third-order valence-electron chi connectivity index (χ3n) is 3.48. The van der Waals surface area contributed by atoms with Gasteiger partial charge in [0.05, 0.1) is 24.6 Å². The average Bonchev–Trinajstić information content (AvgIpc) is 2.41. The van der Waals surface area contributed by atoms with Crippen molar-refractivity contribution >= 4 is 0 Å². The lowest BCUT2D eigenvalue weighted by Crippen LogP contribution is -2.44. The largest absolute Gasteiger partial charge is 0.379 e. The zero-order valence-electron chi connectivity index (χ0n) is 12.1. The normalized spacial score (nSPS) is 18.5. The Labute approximate surface area is 115 Å². The minimum absolute atomic E-state index is 0.464. The van der Waals surface area contributed by atoms with Gasteiger partial charge in [-0.25, -0.2) is 0 Å². The molecule has 106 valence electrons. The summed E-state index contributed by atoms with van der Waals surface area (Å²) in [5.74, 6) is 0. The zero-order chi connectivity index (χ0) is 13.7. The van der Waals surface area contributed by atoms with Crippen molar-refractivity contribution in [3.8, 4) is 0 Å². The smallest absolute Gasteiger partial charge is 0.0645 e. The molecule has 1 aromatic heterocycles. The van der Waals surface area contributed by atoms with Gasteiger partial charge >= 0.3 is 0 Å². The highest BCUT2D eigenvalue weighted by Gasteiger charge is 2.13. The van der Waals surface area contributed by atoms with Gasteiger partial charge in [-0.1, -0.05) is 0 Å². The van der Waals surface area contributed by atoms with Crippen LogP contribution >= 0.6 is 0 Å². The number of hydrogen-bond acceptors (Lipinski definition) is 5. The third kappa shape index (κ3) is 4.53. The Hall–Kier alpha value is -1.04. The third-order valence-corrected chi connectivity index (χ3v) is 3.48. The molecular formula is C14H24N4O. The monoisotopic (exact) mass is 264 g/mol. The van der Waals surface area contributed by atoms with Crippen LogP contribution in [0, 0.1) is 13.8 Å². The van der Waals surface area contributed by atoms with Crippen LogP contribution in [0.25, 0.3) is 0 Å². The fourth-order valence-corrected chi connectivity index (χ4v) is 2.30. The number of morpholine rings is 1. The standard InChI is InChI=1S/C14H24N4O/c1-11-8-14(13(3)17-16-11)9-15-12(2)10-18-4-6-19-7-5-18/h8,12,15H,4-7,9-10H2,1-3H3. The molecule has 1 unspecified atom stereocenters. The van der Waals surface area contributed by atoms with Crippen LogP contribution in [0.5, 0.6) is 0 Å². The van der Waals surface area contributed by atoms with Crippen LogP contribution in [0.15, 0.2) is 6.07 Å². The van der Waals surface area contributed by atoms with E-state index in [1.54, 1.807) is 0 Å². The summed E-state index contributed by atoms with van der Waals surface area (Å²) in [5, 5.41) is 11.8. The molecule has 5 nitrogen and oxygen atoms in total. The summed E-state index contributed by atoms with van der Waals surface area (Å²) in [4.78, 5) is 2.45. The van der Waals surface area contributed by atoms with Gasteiger partial charge in [0.25, 0.3) is 0 Å². The van der Waals surface area contributed by atoms with Crippen LogP contribution < -0.4 is 5.32 Å². The number of nitrogens with one attached hydrogen (secondary N) is 1. The molecule has 2 heterocycles. The molecule has 0 aromatic carbocycles. The molecule has 0 aliphatic carbocycles. The van der Waals surface area contributed by atoms with Gasteiger partial charge in [-0.15, -0.1) is 0 Å². The maximum atomic E-state index is 5.36. The molecule has 0 radical (unpaired) electrons. The van der Waals surface area contributed by atoms with E-state index in [2.05, 4.69) is 33.4 Å². The molecular weight excluding hydrogens is 240 g/mol. The Kier molecular flexibility index (Phi) is 5.24. The van der Waals surface area contributed by atoms with Crippen LogP contribution in [0.2, 0.25) is 0 Å². The van der Waals surface area contributed by atoms with E-state index in [0.717, 1.165) is 50.8 Å². The Bertz CT molecular complexity index is 404. The predicted octanol–water partition coefficient (Wildman–Crippen LogP) is 0.904. The number of hydrogen-bond donors (Lipinski definition) is 1. The Morgan fingerprint density at radius 1 is 1.32 bits per heavy atom. The molecule has 2 rings (SSSR count). The van der Waals surface area contributed by atoms with Gasteiger partial charge in [0, 0.05) is 32.2 Å². The first kappa shape index (κ1) is 14.4. The van der Waals surface area contributed by atoms with Gasteiger partial charge in [0.15, 0.2) is 0 Å². The summed E-state index contributed by atoms with van der Waals surface area (Å²) >= 11 is 0. The van der Waals surface area contributed by atoms with Crippen LogP contribution in [0.4, 0.5) is 0 Å². The fraction of sp³-hybridized carbons (Fsp3) is 0.714. The number of ether oxygens (including phenoxy) is 1. The van der Waals surface area contributed by atoms with E-state index >= 15 is 0 Å². The van der Waals surface area contributed by atoms with Crippen molar-refractivity contribution in [2.75, 3.05) is 32.8 Å². The average molecular weight is 264 g/mol. The molecule has 1 aromatic rings. The molecule has 1 atom stereocenters. The lowest BCUT2D eigenvalue weighted by atomic mass is 10.2. The van der Waals surface area contributed by atoms with E-state index in [1.165, 1.54) is 5.56 Å². The molecule has 0 saturated carbocycles. The second-order valence-electron chi connectivity index (χ2n) is 5.29. The summed E-state index contributed by atoms with van der Waals surface area (Å²) in [7, 11) is 0. The zero-order valence-corrected chi connectivity index (χ0v) is 12.1. The number of rotatable bonds is 5. The summed E-state index contributed by atoms with van der Waals surface area (Å²) in [5.41, 5.74) is 3.22. The maximum absolute atomic E-state index is 5.36. The summed E-state index contributed by atoms with van der Waals surface area (Å²) in [6.45, 7) is 11.9. The summed E-state index contributed by atoms with van der Waals surface area (Å²) in [6, 6.07) is 2.57. The highest BCUT2D eigenvalue weighted by atomic mass is 16.5. The molecule has 1 N–H and O–H groups in total. The maximum Gasteiger partial charge on any atom is 0.0645 e. The van der Waals surface area contributed by atoms with Gasteiger partial charge in [-0.05, 0) is 32.4 Å². The van der Waals surface area contributed by atoms with Crippen molar-refractivity contribution in [3.05, 3.63) is 23.0 Å². The van der Waals surface area contributed by atoms with E-state index in [9.17, 15) is 0 Å². The number of aromatic nitrogens is 2. The highest BCUT2D eigenvalue weighted by molar-refractivity contribution is 5.19. The van der Waals surface area contributed by atoms with Crippen molar-refractivity contribution in [1.29, 1.82) is 0 Å². The quantitative estimate of drug-likeness (QED) is 0.856. The molecule has 1 fully saturated rings. The molecule has 0 amide bonds. The van der Waals surface area contributed by atoms with E-state index < -0.39 is 0 Å². The first-order valence-electron chi connectivity index (χ1n) is 6.98. The molecule has 1 aliphatic rings. The van der Waals surface area contributed by atoms with Gasteiger partial charge in [-0.2, -0.15) is 10.2 Å². The van der Waals surface area contributed by atoms with Crippen LogP contribution in [0.1, 0.15) is 23.9 Å². The van der Waals surface area contributed by atoms with Crippen molar-refractivity contribution in [2.24, 2.45) is 0 Å². The first-order chi connectivity index (χ1) is 9.15. The van der Waals surface area contributed by atoms with Crippen LogP contribution in [-0.4, -0.2) is 54.0 Å². The minimum Gasteiger partial charge on any atom is -0.379 e. The molecule has 5 heteroatoms. The van der Waals surface area contributed by atoms with E-state index in [4.69, 9.17) is 4.74 Å². The van der Waals surface area contributed by atoms with Crippen LogP contribution in [0.3, 0.4) is 0 Å². The molecule has 19 heavy (non-hydrogen) atoms. The SMILES string of the molecule is Cc1cc(CNC(C)CN2CCOCC2)c(C)nn1. The molecule has 1 aliphatic heterocycles. The van der Waals surface area contributed by atoms with Gasteiger partial charge in [-0.3, -0.25) is 4.90 Å². The molecule has 1 saturated heterocycles. The molecule has 0 bridgehead atoms. The van der Waals surface area contributed by atoms with Gasteiger partial charge < -0.3 is 10.1 Å². The minimum atomic E-state index is 0.464. The van der Waals surface area contributed by atoms with Gasteiger partial charge in [0.2, 0.25) is 0 Å². The van der Waals surface area contributed by atoms with Crippen molar-refractivity contribution in [3.63, 3.8) is 0 Å². The Balaban J connectivity index is 1.79. The number of nitrogens with zero attached hydrogens (tertiary/aromatic N) is 3. The second kappa shape index (κ2) is 6.93.